The topological polar surface area (TPSA) is 62.5 Å². The van der Waals surface area contributed by atoms with Gasteiger partial charge in [0.1, 0.15) is 11.9 Å². The third-order valence-corrected chi connectivity index (χ3v) is 3.87. The van der Waals surface area contributed by atoms with E-state index in [-0.39, 0.29) is 11.2 Å². The monoisotopic (exact) mass is 298 g/mol. The molecule has 0 atom stereocenters. The normalized spacial score (nSPS) is 17.3. The van der Waals surface area contributed by atoms with Gasteiger partial charge in [-0.1, -0.05) is 11.6 Å². The van der Waals surface area contributed by atoms with Crippen molar-refractivity contribution in [3.8, 4) is 0 Å². The van der Waals surface area contributed by atoms with Crippen molar-refractivity contribution in [3.05, 3.63) is 27.5 Å². The zero-order valence-electron chi connectivity index (χ0n) is 12.0. The minimum absolute atomic E-state index is 0.0262. The van der Waals surface area contributed by atoms with Gasteiger partial charge in [-0.2, -0.15) is 0 Å². The van der Waals surface area contributed by atoms with Crippen LogP contribution in [0.1, 0.15) is 20.8 Å². The van der Waals surface area contributed by atoms with Crippen LogP contribution in [0.15, 0.2) is 12.4 Å². The van der Waals surface area contributed by atoms with Crippen LogP contribution in [-0.2, 0) is 0 Å². The first kappa shape index (κ1) is 15.0. The molecular weight excluding hydrogens is 280 g/mol. The molecule has 0 radical (unpaired) electrons. The van der Waals surface area contributed by atoms with Gasteiger partial charge in [0, 0.05) is 37.9 Å². The second kappa shape index (κ2) is 5.54. The highest BCUT2D eigenvalue weighted by Crippen LogP contribution is 2.35. The first-order valence-electron chi connectivity index (χ1n) is 6.58. The quantitative estimate of drug-likeness (QED) is 0.620. The van der Waals surface area contributed by atoms with E-state index in [1.54, 1.807) is 0 Å². The van der Waals surface area contributed by atoms with Gasteiger partial charge in [-0.15, -0.1) is 0 Å². The summed E-state index contributed by atoms with van der Waals surface area (Å²) in [5.41, 5.74) is 0.571. The molecule has 0 saturated carbocycles. The molecule has 1 fully saturated rings. The minimum atomic E-state index is -0.426. The van der Waals surface area contributed by atoms with Gasteiger partial charge in [0.05, 0.1) is 9.95 Å². The number of rotatable bonds is 2. The van der Waals surface area contributed by atoms with Crippen LogP contribution in [0.25, 0.3) is 0 Å². The number of hydrogen-bond donors (Lipinski definition) is 0. The molecule has 7 heteroatoms. The van der Waals surface area contributed by atoms with Crippen LogP contribution in [0.4, 0.5) is 11.4 Å². The Morgan fingerprint density at radius 2 is 1.85 bits per heavy atom. The lowest BCUT2D eigenvalue weighted by atomic mass is 10.0. The summed E-state index contributed by atoms with van der Waals surface area (Å²) in [6.45, 7) is 9.68. The number of nitrogens with zero attached hydrogens (tertiary/aromatic N) is 4. The van der Waals surface area contributed by atoms with Crippen LogP contribution in [0, 0.1) is 10.1 Å². The Morgan fingerprint density at radius 1 is 1.25 bits per heavy atom. The molecule has 2 heterocycles. The molecule has 1 aromatic rings. The SMILES string of the molecule is CC(C)(C)N1CCN(c2c(Cl)cncc2[N+](=O)[O-])CC1. The van der Waals surface area contributed by atoms with Gasteiger partial charge in [-0.3, -0.25) is 20.0 Å². The fourth-order valence-corrected chi connectivity index (χ4v) is 2.74. The van der Waals surface area contributed by atoms with Crippen LogP contribution in [0.2, 0.25) is 5.02 Å². The van der Waals surface area contributed by atoms with Gasteiger partial charge in [0.2, 0.25) is 0 Å². The van der Waals surface area contributed by atoms with E-state index in [4.69, 9.17) is 11.6 Å². The Morgan fingerprint density at radius 3 is 2.35 bits per heavy atom. The van der Waals surface area contributed by atoms with E-state index in [1.807, 2.05) is 4.90 Å². The molecule has 0 amide bonds. The largest absolute Gasteiger partial charge is 0.362 e. The Hall–Kier alpha value is -1.40. The number of nitro groups is 1. The van der Waals surface area contributed by atoms with Gasteiger partial charge in [-0.25, -0.2) is 0 Å². The highest BCUT2D eigenvalue weighted by atomic mass is 35.5. The lowest BCUT2D eigenvalue weighted by Crippen LogP contribution is -2.53. The van der Waals surface area contributed by atoms with Crippen molar-refractivity contribution >= 4 is 23.0 Å². The van der Waals surface area contributed by atoms with Gasteiger partial charge >= 0.3 is 5.69 Å². The Bertz CT molecular complexity index is 508. The molecular formula is C13H19ClN4O2. The summed E-state index contributed by atoms with van der Waals surface area (Å²) in [7, 11) is 0. The van der Waals surface area contributed by atoms with Crippen LogP contribution in [0.3, 0.4) is 0 Å². The summed E-state index contributed by atoms with van der Waals surface area (Å²) >= 11 is 6.11. The molecule has 1 aliphatic heterocycles. The van der Waals surface area contributed by atoms with Crippen molar-refractivity contribution in [1.29, 1.82) is 0 Å². The van der Waals surface area contributed by atoms with Crippen molar-refractivity contribution in [1.82, 2.24) is 9.88 Å². The van der Waals surface area contributed by atoms with Gasteiger partial charge in [0.25, 0.3) is 0 Å². The number of anilines is 1. The highest BCUT2D eigenvalue weighted by molar-refractivity contribution is 6.33. The molecule has 1 aromatic heterocycles. The van der Waals surface area contributed by atoms with E-state index in [0.29, 0.717) is 10.7 Å². The fraction of sp³-hybridized carbons (Fsp3) is 0.615. The summed E-state index contributed by atoms with van der Waals surface area (Å²) in [6, 6.07) is 0. The minimum Gasteiger partial charge on any atom is -0.362 e. The molecule has 20 heavy (non-hydrogen) atoms. The molecule has 0 spiro atoms. The van der Waals surface area contributed by atoms with Crippen molar-refractivity contribution in [2.75, 3.05) is 31.1 Å². The number of halogens is 1. The first-order chi connectivity index (χ1) is 9.30. The Balaban J connectivity index is 2.21. The molecule has 0 aliphatic carbocycles. The van der Waals surface area contributed by atoms with Crippen molar-refractivity contribution in [3.63, 3.8) is 0 Å². The summed E-state index contributed by atoms with van der Waals surface area (Å²) in [5.74, 6) is 0. The zero-order valence-corrected chi connectivity index (χ0v) is 12.7. The van der Waals surface area contributed by atoms with Gasteiger partial charge in [-0.05, 0) is 20.8 Å². The smallest absolute Gasteiger partial charge is 0.312 e. The number of pyridine rings is 1. The second-order valence-corrected chi connectivity index (χ2v) is 6.30. The summed E-state index contributed by atoms with van der Waals surface area (Å²) in [6.07, 6.45) is 2.72. The van der Waals surface area contributed by atoms with E-state index in [0.717, 1.165) is 26.2 Å². The summed E-state index contributed by atoms with van der Waals surface area (Å²) < 4.78 is 0. The predicted octanol–water partition coefficient (Wildman–Crippen LogP) is 2.56. The number of piperazine rings is 1. The third kappa shape index (κ3) is 3.02. The second-order valence-electron chi connectivity index (χ2n) is 5.89. The maximum atomic E-state index is 11.1. The molecule has 110 valence electrons. The summed E-state index contributed by atoms with van der Waals surface area (Å²) in [5, 5.41) is 11.4. The number of aromatic nitrogens is 1. The molecule has 1 saturated heterocycles. The maximum absolute atomic E-state index is 11.1. The number of hydrogen-bond acceptors (Lipinski definition) is 5. The van der Waals surface area contributed by atoms with Crippen LogP contribution in [-0.4, -0.2) is 46.5 Å². The van der Waals surface area contributed by atoms with E-state index < -0.39 is 4.92 Å². The van der Waals surface area contributed by atoms with E-state index in [2.05, 4.69) is 30.7 Å². The predicted molar refractivity (Wildman–Crippen MR) is 79.4 cm³/mol. The van der Waals surface area contributed by atoms with Gasteiger partial charge in [0.15, 0.2) is 0 Å². The first-order valence-corrected chi connectivity index (χ1v) is 6.96. The van der Waals surface area contributed by atoms with Crippen molar-refractivity contribution in [2.45, 2.75) is 26.3 Å². The van der Waals surface area contributed by atoms with Crippen molar-refractivity contribution in [2.24, 2.45) is 0 Å². The average molecular weight is 299 g/mol. The van der Waals surface area contributed by atoms with E-state index >= 15 is 0 Å². The molecule has 1 aliphatic rings. The van der Waals surface area contributed by atoms with Crippen molar-refractivity contribution < 1.29 is 4.92 Å². The molecule has 0 unspecified atom stereocenters. The van der Waals surface area contributed by atoms with Crippen LogP contribution >= 0.6 is 11.6 Å². The molecule has 0 aromatic carbocycles. The summed E-state index contributed by atoms with van der Waals surface area (Å²) in [4.78, 5) is 18.8. The Labute approximate surface area is 123 Å². The average Bonchev–Trinajstić information content (AvgIpc) is 2.37. The molecule has 2 rings (SSSR count). The maximum Gasteiger partial charge on any atom is 0.312 e. The Kier molecular flexibility index (Phi) is 4.15. The third-order valence-electron chi connectivity index (χ3n) is 3.59. The van der Waals surface area contributed by atoms with Crippen LogP contribution in [0.5, 0.6) is 0 Å². The van der Waals surface area contributed by atoms with Gasteiger partial charge < -0.3 is 4.90 Å². The lowest BCUT2D eigenvalue weighted by Gasteiger charge is -2.42. The van der Waals surface area contributed by atoms with Crippen LogP contribution < -0.4 is 4.90 Å². The molecule has 0 bridgehead atoms. The molecule has 6 nitrogen and oxygen atoms in total. The molecule has 0 N–H and O–H groups in total. The highest BCUT2D eigenvalue weighted by Gasteiger charge is 2.30. The lowest BCUT2D eigenvalue weighted by molar-refractivity contribution is -0.384. The zero-order chi connectivity index (χ0) is 14.9. The van der Waals surface area contributed by atoms with E-state index in [9.17, 15) is 10.1 Å². The standard InChI is InChI=1S/C13H19ClN4O2/c1-13(2,3)17-6-4-16(5-7-17)12-10(14)8-15-9-11(12)18(19)20/h8-9H,4-7H2,1-3H3. The fourth-order valence-electron chi connectivity index (χ4n) is 2.47. The van der Waals surface area contributed by atoms with E-state index in [1.165, 1.54) is 12.4 Å².